The van der Waals surface area contributed by atoms with E-state index in [1.165, 1.54) is 4.57 Å². The second-order valence-electron chi connectivity index (χ2n) is 3.59. The van der Waals surface area contributed by atoms with E-state index >= 15 is 0 Å². The van der Waals surface area contributed by atoms with Crippen LogP contribution in [0.2, 0.25) is 0 Å². The van der Waals surface area contributed by atoms with Gasteiger partial charge in [0, 0.05) is 18.8 Å². The highest BCUT2D eigenvalue weighted by molar-refractivity contribution is 7.11. The maximum absolute atomic E-state index is 11.6. The molecule has 4 nitrogen and oxygen atoms in total. The van der Waals surface area contributed by atoms with Crippen molar-refractivity contribution in [3.8, 4) is 0 Å². The summed E-state index contributed by atoms with van der Waals surface area (Å²) in [5.41, 5.74) is 0.748. The van der Waals surface area contributed by atoms with Crippen LogP contribution in [0.1, 0.15) is 28.2 Å². The topological polar surface area (TPSA) is 51.1 Å². The lowest BCUT2D eigenvalue weighted by Crippen LogP contribution is -2.25. The number of thiazole rings is 1. The molecular weight excluding hydrogens is 200 g/mol. The van der Waals surface area contributed by atoms with Crippen LogP contribution in [0.15, 0.2) is 4.79 Å². The largest absolute Gasteiger partial charge is 0.349 e. The highest BCUT2D eigenvalue weighted by atomic mass is 32.1. The molecule has 14 heavy (non-hydrogen) atoms. The van der Waals surface area contributed by atoms with Crippen molar-refractivity contribution >= 4 is 17.2 Å². The standard InChI is InChI=1S/C9H12N2O2S/c1-5-7(14-9(13)11(5)2)8(12)10-6-3-4-6/h6H,3-4H2,1-2H3,(H,10,12). The molecule has 0 bridgehead atoms. The van der Waals surface area contributed by atoms with Crippen LogP contribution < -0.4 is 10.2 Å². The molecule has 1 aromatic heterocycles. The predicted molar refractivity (Wildman–Crippen MR) is 54.8 cm³/mol. The fraction of sp³-hybridized carbons (Fsp3) is 0.556. The first-order chi connectivity index (χ1) is 6.59. The van der Waals surface area contributed by atoms with E-state index in [1.54, 1.807) is 14.0 Å². The SMILES string of the molecule is Cc1c(C(=O)NC2CC2)sc(=O)n1C. The zero-order valence-corrected chi connectivity index (χ0v) is 8.98. The van der Waals surface area contributed by atoms with E-state index in [0.29, 0.717) is 10.9 Å². The van der Waals surface area contributed by atoms with Crippen LogP contribution in [-0.2, 0) is 7.05 Å². The quantitative estimate of drug-likeness (QED) is 0.782. The molecule has 1 heterocycles. The third-order valence-electron chi connectivity index (χ3n) is 2.41. The van der Waals surface area contributed by atoms with Gasteiger partial charge in [-0.3, -0.25) is 9.59 Å². The number of carbonyl (C=O) groups excluding carboxylic acids is 1. The fourth-order valence-corrected chi connectivity index (χ4v) is 2.09. The van der Waals surface area contributed by atoms with Crippen molar-refractivity contribution in [2.24, 2.45) is 7.05 Å². The number of nitrogens with one attached hydrogen (secondary N) is 1. The summed E-state index contributed by atoms with van der Waals surface area (Å²) in [5.74, 6) is -0.104. The highest BCUT2D eigenvalue weighted by Gasteiger charge is 2.25. The Bertz CT molecular complexity index is 429. The Kier molecular flexibility index (Phi) is 2.19. The average molecular weight is 212 g/mol. The van der Waals surface area contributed by atoms with Gasteiger partial charge in [-0.1, -0.05) is 11.3 Å². The third kappa shape index (κ3) is 1.59. The Morgan fingerprint density at radius 3 is 2.64 bits per heavy atom. The van der Waals surface area contributed by atoms with Crippen molar-refractivity contribution in [3.63, 3.8) is 0 Å². The van der Waals surface area contributed by atoms with E-state index in [2.05, 4.69) is 5.32 Å². The Balaban J connectivity index is 2.26. The van der Waals surface area contributed by atoms with Crippen LogP contribution >= 0.6 is 11.3 Å². The molecule has 1 aliphatic carbocycles. The minimum absolute atomic E-state index is 0.0801. The summed E-state index contributed by atoms with van der Waals surface area (Å²) in [6.45, 7) is 1.79. The monoisotopic (exact) mass is 212 g/mol. The molecule has 1 aliphatic rings. The Morgan fingerprint density at radius 1 is 1.57 bits per heavy atom. The molecule has 1 saturated carbocycles. The molecule has 76 valence electrons. The summed E-state index contributed by atoms with van der Waals surface area (Å²) in [6, 6.07) is 0.337. The van der Waals surface area contributed by atoms with Crippen LogP contribution in [0, 0.1) is 6.92 Å². The lowest BCUT2D eigenvalue weighted by Gasteiger charge is -2.01. The van der Waals surface area contributed by atoms with E-state index in [4.69, 9.17) is 0 Å². The summed E-state index contributed by atoms with van der Waals surface area (Å²) >= 11 is 1.01. The van der Waals surface area contributed by atoms with Crippen LogP contribution in [-0.4, -0.2) is 16.5 Å². The van der Waals surface area contributed by atoms with Gasteiger partial charge < -0.3 is 9.88 Å². The van der Waals surface area contributed by atoms with Crippen LogP contribution in [0.25, 0.3) is 0 Å². The minimum atomic E-state index is -0.104. The maximum atomic E-state index is 11.6. The molecular formula is C9H12N2O2S. The normalized spacial score (nSPS) is 15.6. The second kappa shape index (κ2) is 3.24. The lowest BCUT2D eigenvalue weighted by atomic mass is 10.3. The number of hydrogen-bond acceptors (Lipinski definition) is 3. The molecule has 1 N–H and O–H groups in total. The van der Waals surface area contributed by atoms with Gasteiger partial charge in [0.1, 0.15) is 4.88 Å². The molecule has 5 heteroatoms. The minimum Gasteiger partial charge on any atom is -0.349 e. The van der Waals surface area contributed by atoms with Crippen LogP contribution in [0.4, 0.5) is 0 Å². The fourth-order valence-electron chi connectivity index (χ4n) is 1.21. The Labute approximate surface area is 85.6 Å². The molecule has 0 atom stereocenters. The summed E-state index contributed by atoms with van der Waals surface area (Å²) in [5, 5.41) is 2.87. The van der Waals surface area contributed by atoms with Gasteiger partial charge in [0.25, 0.3) is 5.91 Å². The van der Waals surface area contributed by atoms with Crippen molar-refractivity contribution in [2.75, 3.05) is 0 Å². The molecule has 1 amide bonds. The molecule has 1 fully saturated rings. The van der Waals surface area contributed by atoms with Crippen LogP contribution in [0.3, 0.4) is 0 Å². The molecule has 1 aromatic rings. The van der Waals surface area contributed by atoms with E-state index in [1.807, 2.05) is 0 Å². The van der Waals surface area contributed by atoms with Crippen molar-refractivity contribution in [2.45, 2.75) is 25.8 Å². The predicted octanol–water partition coefficient (Wildman–Crippen LogP) is 0.647. The molecule has 0 aliphatic heterocycles. The first kappa shape index (κ1) is 9.45. The number of hydrogen-bond donors (Lipinski definition) is 1. The van der Waals surface area contributed by atoms with E-state index < -0.39 is 0 Å². The van der Waals surface area contributed by atoms with Gasteiger partial charge in [-0.2, -0.15) is 0 Å². The molecule has 2 rings (SSSR count). The van der Waals surface area contributed by atoms with E-state index in [9.17, 15) is 9.59 Å². The van der Waals surface area contributed by atoms with Gasteiger partial charge in [-0.05, 0) is 19.8 Å². The number of rotatable bonds is 2. The molecule has 0 spiro atoms. The second-order valence-corrected chi connectivity index (χ2v) is 4.55. The van der Waals surface area contributed by atoms with Gasteiger partial charge in [0.15, 0.2) is 0 Å². The van der Waals surface area contributed by atoms with Crippen molar-refractivity contribution < 1.29 is 4.79 Å². The molecule has 0 saturated heterocycles. The van der Waals surface area contributed by atoms with Gasteiger partial charge in [0.05, 0.1) is 0 Å². The molecule has 0 aromatic carbocycles. The van der Waals surface area contributed by atoms with E-state index in [-0.39, 0.29) is 10.8 Å². The van der Waals surface area contributed by atoms with Crippen molar-refractivity contribution in [1.29, 1.82) is 0 Å². The average Bonchev–Trinajstić information content (AvgIpc) is 2.90. The Morgan fingerprint density at radius 2 is 2.21 bits per heavy atom. The first-order valence-corrected chi connectivity index (χ1v) is 5.38. The van der Waals surface area contributed by atoms with Gasteiger partial charge in [0.2, 0.25) is 0 Å². The number of aromatic nitrogens is 1. The van der Waals surface area contributed by atoms with Gasteiger partial charge in [-0.25, -0.2) is 0 Å². The first-order valence-electron chi connectivity index (χ1n) is 4.57. The van der Waals surface area contributed by atoms with Crippen molar-refractivity contribution in [3.05, 3.63) is 20.2 Å². The number of carbonyl (C=O) groups is 1. The number of nitrogens with zero attached hydrogens (tertiary/aromatic N) is 1. The summed E-state index contributed by atoms with van der Waals surface area (Å²) in [4.78, 5) is 23.4. The smallest absolute Gasteiger partial charge is 0.307 e. The summed E-state index contributed by atoms with van der Waals surface area (Å²) < 4.78 is 1.51. The van der Waals surface area contributed by atoms with Crippen LogP contribution in [0.5, 0.6) is 0 Å². The Hall–Kier alpha value is -1.10. The van der Waals surface area contributed by atoms with Gasteiger partial charge in [-0.15, -0.1) is 0 Å². The summed E-state index contributed by atoms with van der Waals surface area (Å²) in [7, 11) is 1.68. The van der Waals surface area contributed by atoms with Crippen molar-refractivity contribution in [1.82, 2.24) is 9.88 Å². The zero-order valence-electron chi connectivity index (χ0n) is 8.16. The maximum Gasteiger partial charge on any atom is 0.307 e. The molecule has 0 radical (unpaired) electrons. The lowest BCUT2D eigenvalue weighted by molar-refractivity contribution is 0.0954. The zero-order chi connectivity index (χ0) is 10.3. The number of amides is 1. The third-order valence-corrected chi connectivity index (χ3v) is 3.55. The highest BCUT2D eigenvalue weighted by Crippen LogP contribution is 2.20. The summed E-state index contributed by atoms with van der Waals surface area (Å²) in [6.07, 6.45) is 2.12. The van der Waals surface area contributed by atoms with Gasteiger partial charge >= 0.3 is 4.87 Å². The molecule has 0 unspecified atom stereocenters. The van der Waals surface area contributed by atoms with E-state index in [0.717, 1.165) is 29.9 Å².